The van der Waals surface area contributed by atoms with Crippen LogP contribution < -0.4 is 5.32 Å². The molecule has 3 heteroatoms. The van der Waals surface area contributed by atoms with E-state index in [1.165, 1.54) is 0 Å². The number of fused-ring (bicyclic) bond motifs is 1. The fourth-order valence-corrected chi connectivity index (χ4v) is 2.11. The molecule has 1 N–H and O–H groups in total. The summed E-state index contributed by atoms with van der Waals surface area (Å²) in [4.78, 5) is 4.54. The van der Waals surface area contributed by atoms with Crippen LogP contribution in [-0.4, -0.2) is 17.6 Å². The van der Waals surface area contributed by atoms with Crippen molar-refractivity contribution in [3.63, 3.8) is 0 Å². The highest BCUT2D eigenvalue weighted by Gasteiger charge is 2.25. The summed E-state index contributed by atoms with van der Waals surface area (Å²) in [6.45, 7) is 9.81. The Hall–Kier alpha value is -1.35. The van der Waals surface area contributed by atoms with Crippen LogP contribution in [0.5, 0.6) is 0 Å². The molecule has 0 spiro atoms. The minimum absolute atomic E-state index is 0.191. The predicted molar refractivity (Wildman–Crippen MR) is 74.6 cm³/mol. The number of likely N-dealkylation sites (N-methyl/N-ethyl adjacent to an activating group) is 1. The van der Waals surface area contributed by atoms with Gasteiger partial charge in [-0.2, -0.15) is 0 Å². The molecule has 18 heavy (non-hydrogen) atoms. The smallest absolute Gasteiger partial charge is 0.197 e. The van der Waals surface area contributed by atoms with Crippen LogP contribution in [0, 0.1) is 5.41 Å². The van der Waals surface area contributed by atoms with E-state index in [0.29, 0.717) is 6.04 Å². The minimum Gasteiger partial charge on any atom is -0.441 e. The van der Waals surface area contributed by atoms with Gasteiger partial charge in [0.15, 0.2) is 11.5 Å². The van der Waals surface area contributed by atoms with E-state index in [0.717, 1.165) is 30.0 Å². The summed E-state index contributed by atoms with van der Waals surface area (Å²) < 4.78 is 5.79. The molecule has 0 fully saturated rings. The van der Waals surface area contributed by atoms with E-state index in [2.05, 4.69) is 38.0 Å². The average molecular weight is 246 g/mol. The number of oxazole rings is 1. The van der Waals surface area contributed by atoms with Gasteiger partial charge in [0.05, 0.1) is 0 Å². The van der Waals surface area contributed by atoms with E-state index in [-0.39, 0.29) is 5.41 Å². The summed E-state index contributed by atoms with van der Waals surface area (Å²) in [7, 11) is 0. The van der Waals surface area contributed by atoms with Crippen molar-refractivity contribution < 1.29 is 4.42 Å². The Balaban J connectivity index is 2.20. The minimum atomic E-state index is 0.191. The molecule has 0 radical (unpaired) electrons. The van der Waals surface area contributed by atoms with Crippen molar-refractivity contribution in [3.8, 4) is 0 Å². The molecule has 0 saturated carbocycles. The summed E-state index contributed by atoms with van der Waals surface area (Å²) in [6, 6.07) is 8.28. The standard InChI is InChI=1S/C15H22N2O/c1-5-16-13(15(2,3)4)10-14-17-11-8-6-7-9-12(11)18-14/h6-9,13,16H,5,10H2,1-4H3. The molecule has 1 unspecified atom stereocenters. The number of benzene rings is 1. The van der Waals surface area contributed by atoms with Crippen LogP contribution in [0.4, 0.5) is 0 Å². The molecular weight excluding hydrogens is 224 g/mol. The van der Waals surface area contributed by atoms with Gasteiger partial charge in [-0.3, -0.25) is 0 Å². The van der Waals surface area contributed by atoms with E-state index >= 15 is 0 Å². The molecule has 1 aromatic carbocycles. The predicted octanol–water partition coefficient (Wildman–Crippen LogP) is 3.39. The van der Waals surface area contributed by atoms with Gasteiger partial charge < -0.3 is 9.73 Å². The number of nitrogens with zero attached hydrogens (tertiary/aromatic N) is 1. The summed E-state index contributed by atoms with van der Waals surface area (Å²) in [5.41, 5.74) is 2.00. The van der Waals surface area contributed by atoms with Gasteiger partial charge in [-0.1, -0.05) is 39.8 Å². The third kappa shape index (κ3) is 2.91. The lowest BCUT2D eigenvalue weighted by atomic mass is 9.85. The molecule has 98 valence electrons. The lowest BCUT2D eigenvalue weighted by Gasteiger charge is -2.30. The molecule has 0 aliphatic heterocycles. The van der Waals surface area contributed by atoms with Gasteiger partial charge in [0.1, 0.15) is 5.52 Å². The Kier molecular flexibility index (Phi) is 3.71. The monoisotopic (exact) mass is 246 g/mol. The van der Waals surface area contributed by atoms with Gasteiger partial charge in [-0.15, -0.1) is 0 Å². The van der Waals surface area contributed by atoms with Crippen LogP contribution in [0.1, 0.15) is 33.6 Å². The Morgan fingerprint density at radius 3 is 2.61 bits per heavy atom. The van der Waals surface area contributed by atoms with Crippen LogP contribution in [0.2, 0.25) is 0 Å². The lowest BCUT2D eigenvalue weighted by molar-refractivity contribution is 0.257. The summed E-state index contributed by atoms with van der Waals surface area (Å²) in [5.74, 6) is 0.817. The molecule has 0 aliphatic carbocycles. The van der Waals surface area contributed by atoms with E-state index in [1.807, 2.05) is 24.3 Å². The molecule has 0 aliphatic rings. The summed E-state index contributed by atoms with van der Waals surface area (Å²) in [6.07, 6.45) is 0.825. The zero-order valence-corrected chi connectivity index (χ0v) is 11.7. The highest BCUT2D eigenvalue weighted by atomic mass is 16.3. The zero-order valence-electron chi connectivity index (χ0n) is 11.7. The highest BCUT2D eigenvalue weighted by molar-refractivity contribution is 5.72. The van der Waals surface area contributed by atoms with E-state index in [9.17, 15) is 0 Å². The molecule has 3 nitrogen and oxygen atoms in total. The summed E-state index contributed by atoms with van der Waals surface area (Å²) >= 11 is 0. The van der Waals surface area contributed by atoms with Crippen molar-refractivity contribution >= 4 is 11.1 Å². The van der Waals surface area contributed by atoms with E-state index in [1.54, 1.807) is 0 Å². The average Bonchev–Trinajstić information content (AvgIpc) is 2.69. The second-order valence-electron chi connectivity index (χ2n) is 5.76. The number of rotatable bonds is 4. The molecular formula is C15H22N2O. The fraction of sp³-hybridized carbons (Fsp3) is 0.533. The largest absolute Gasteiger partial charge is 0.441 e. The number of aromatic nitrogens is 1. The third-order valence-corrected chi connectivity index (χ3v) is 3.21. The lowest BCUT2D eigenvalue weighted by Crippen LogP contribution is -2.41. The third-order valence-electron chi connectivity index (χ3n) is 3.21. The second kappa shape index (κ2) is 5.11. The maximum atomic E-state index is 5.79. The van der Waals surface area contributed by atoms with Crippen LogP contribution in [0.3, 0.4) is 0 Å². The quantitative estimate of drug-likeness (QED) is 0.898. The molecule has 1 atom stereocenters. The second-order valence-corrected chi connectivity index (χ2v) is 5.76. The topological polar surface area (TPSA) is 38.1 Å². The van der Waals surface area contributed by atoms with E-state index < -0.39 is 0 Å². The van der Waals surface area contributed by atoms with E-state index in [4.69, 9.17) is 4.42 Å². The Morgan fingerprint density at radius 1 is 1.28 bits per heavy atom. The van der Waals surface area contributed by atoms with Gasteiger partial charge in [-0.05, 0) is 24.1 Å². The molecule has 0 bridgehead atoms. The maximum absolute atomic E-state index is 5.79. The zero-order chi connectivity index (χ0) is 13.2. The molecule has 0 amide bonds. The maximum Gasteiger partial charge on any atom is 0.197 e. The van der Waals surface area contributed by atoms with Crippen molar-refractivity contribution in [2.24, 2.45) is 5.41 Å². The molecule has 1 aromatic heterocycles. The number of para-hydroxylation sites is 2. The first-order chi connectivity index (χ1) is 8.50. The molecule has 1 heterocycles. The van der Waals surface area contributed by atoms with Gasteiger partial charge in [0.25, 0.3) is 0 Å². The highest BCUT2D eigenvalue weighted by Crippen LogP contribution is 2.24. The number of hydrogen-bond donors (Lipinski definition) is 1. The first kappa shape index (κ1) is 13.1. The first-order valence-corrected chi connectivity index (χ1v) is 6.58. The van der Waals surface area contributed by atoms with Crippen molar-refractivity contribution in [1.29, 1.82) is 0 Å². The normalized spacial score (nSPS) is 14.0. The molecule has 2 rings (SSSR count). The SMILES string of the molecule is CCNC(Cc1nc2ccccc2o1)C(C)(C)C. The van der Waals surface area contributed by atoms with Crippen molar-refractivity contribution in [3.05, 3.63) is 30.2 Å². The first-order valence-electron chi connectivity index (χ1n) is 6.58. The van der Waals surface area contributed by atoms with Gasteiger partial charge >= 0.3 is 0 Å². The van der Waals surface area contributed by atoms with Crippen LogP contribution in [0.15, 0.2) is 28.7 Å². The van der Waals surface area contributed by atoms with Crippen LogP contribution in [0.25, 0.3) is 11.1 Å². The van der Waals surface area contributed by atoms with Gasteiger partial charge in [0, 0.05) is 12.5 Å². The van der Waals surface area contributed by atoms with Crippen molar-refractivity contribution in [1.82, 2.24) is 10.3 Å². The van der Waals surface area contributed by atoms with Crippen molar-refractivity contribution in [2.75, 3.05) is 6.54 Å². The number of nitrogens with one attached hydrogen (secondary N) is 1. The van der Waals surface area contributed by atoms with Crippen LogP contribution in [-0.2, 0) is 6.42 Å². The Morgan fingerprint density at radius 2 is 2.00 bits per heavy atom. The Labute approximate surface area is 109 Å². The molecule has 0 saturated heterocycles. The van der Waals surface area contributed by atoms with Crippen LogP contribution >= 0.6 is 0 Å². The number of hydrogen-bond acceptors (Lipinski definition) is 3. The Bertz CT molecular complexity index is 477. The van der Waals surface area contributed by atoms with Crippen molar-refractivity contribution in [2.45, 2.75) is 40.2 Å². The fourth-order valence-electron chi connectivity index (χ4n) is 2.11. The van der Waals surface area contributed by atoms with Gasteiger partial charge in [-0.25, -0.2) is 4.98 Å². The molecule has 2 aromatic rings. The van der Waals surface area contributed by atoms with Gasteiger partial charge in [0.2, 0.25) is 0 Å². The summed E-state index contributed by atoms with van der Waals surface area (Å²) in [5, 5.41) is 3.52.